The van der Waals surface area contributed by atoms with Crippen molar-refractivity contribution in [2.75, 3.05) is 25.9 Å². The van der Waals surface area contributed by atoms with Gasteiger partial charge in [0, 0.05) is 19.1 Å². The highest BCUT2D eigenvalue weighted by Gasteiger charge is 2.12. The molecule has 0 spiro atoms. The van der Waals surface area contributed by atoms with Crippen LogP contribution in [-0.4, -0.2) is 44.7 Å². The quantitative estimate of drug-likeness (QED) is 0.641. The normalized spacial score (nSPS) is 14.5. The lowest BCUT2D eigenvalue weighted by molar-refractivity contribution is 0.411. The Morgan fingerprint density at radius 1 is 1.33 bits per heavy atom. The van der Waals surface area contributed by atoms with E-state index in [9.17, 15) is 8.42 Å². The maximum absolute atomic E-state index is 11.3. The first-order valence-corrected chi connectivity index (χ1v) is 7.45. The molecule has 0 aromatic rings. The van der Waals surface area contributed by atoms with Gasteiger partial charge in [0.2, 0.25) is 10.0 Å². The molecule has 0 rings (SSSR count). The molecule has 0 aliphatic rings. The van der Waals surface area contributed by atoms with Crippen molar-refractivity contribution in [2.45, 2.75) is 39.7 Å². The molecule has 0 heterocycles. The average Bonchev–Trinajstić information content (AvgIpc) is 2.15. The van der Waals surface area contributed by atoms with Crippen molar-refractivity contribution >= 4 is 10.0 Å². The van der Waals surface area contributed by atoms with Crippen LogP contribution >= 0.6 is 0 Å². The number of sulfonamides is 1. The Bertz CT molecular complexity index is 252. The highest BCUT2D eigenvalue weighted by Crippen LogP contribution is 1.98. The molecule has 0 saturated carbocycles. The molecular weight excluding hydrogens is 212 g/mol. The average molecular weight is 236 g/mol. The van der Waals surface area contributed by atoms with Gasteiger partial charge in [-0.25, -0.2) is 12.7 Å². The van der Waals surface area contributed by atoms with Crippen LogP contribution in [0.1, 0.15) is 33.6 Å². The van der Waals surface area contributed by atoms with Gasteiger partial charge in [0.15, 0.2) is 0 Å². The fraction of sp³-hybridized carbons (Fsp3) is 1.00. The number of hydrogen-bond donors (Lipinski definition) is 1. The van der Waals surface area contributed by atoms with Gasteiger partial charge in [-0.1, -0.05) is 13.8 Å². The summed E-state index contributed by atoms with van der Waals surface area (Å²) in [5, 5.41) is 3.34. The minimum Gasteiger partial charge on any atom is -0.314 e. The van der Waals surface area contributed by atoms with E-state index in [4.69, 9.17) is 0 Å². The predicted molar refractivity (Wildman–Crippen MR) is 64.5 cm³/mol. The predicted octanol–water partition coefficient (Wildman–Crippen LogP) is 1.05. The highest BCUT2D eigenvalue weighted by molar-refractivity contribution is 7.88. The summed E-state index contributed by atoms with van der Waals surface area (Å²) < 4.78 is 24.0. The van der Waals surface area contributed by atoms with Crippen molar-refractivity contribution in [3.05, 3.63) is 0 Å². The molecule has 1 unspecified atom stereocenters. The topological polar surface area (TPSA) is 49.4 Å². The summed E-state index contributed by atoms with van der Waals surface area (Å²) >= 11 is 0. The number of hydrogen-bond acceptors (Lipinski definition) is 3. The van der Waals surface area contributed by atoms with Crippen LogP contribution in [0.3, 0.4) is 0 Å². The first-order valence-electron chi connectivity index (χ1n) is 5.60. The van der Waals surface area contributed by atoms with Gasteiger partial charge >= 0.3 is 0 Å². The maximum Gasteiger partial charge on any atom is 0.211 e. The summed E-state index contributed by atoms with van der Waals surface area (Å²) in [6.07, 6.45) is 3.23. The van der Waals surface area contributed by atoms with E-state index < -0.39 is 10.0 Å². The van der Waals surface area contributed by atoms with Gasteiger partial charge in [-0.3, -0.25) is 0 Å². The summed E-state index contributed by atoms with van der Waals surface area (Å²) in [7, 11) is -3.02. The monoisotopic (exact) mass is 236 g/mol. The SMILES string of the molecule is CCC(C)NCCCN(CC)S(C)(=O)=O. The first kappa shape index (κ1) is 14.9. The Hall–Kier alpha value is -0.130. The van der Waals surface area contributed by atoms with Crippen molar-refractivity contribution in [1.29, 1.82) is 0 Å². The minimum absolute atomic E-state index is 0.512. The zero-order valence-corrected chi connectivity index (χ0v) is 11.1. The molecule has 0 amide bonds. The molecule has 1 atom stereocenters. The smallest absolute Gasteiger partial charge is 0.211 e. The van der Waals surface area contributed by atoms with Crippen LogP contribution in [0.5, 0.6) is 0 Å². The van der Waals surface area contributed by atoms with E-state index in [1.54, 1.807) is 0 Å². The molecule has 0 aromatic heterocycles. The van der Waals surface area contributed by atoms with Crippen LogP contribution < -0.4 is 5.32 Å². The summed E-state index contributed by atoms with van der Waals surface area (Å²) in [4.78, 5) is 0. The molecule has 1 N–H and O–H groups in total. The lowest BCUT2D eigenvalue weighted by Crippen LogP contribution is -2.33. The van der Waals surface area contributed by atoms with Gasteiger partial charge in [0.05, 0.1) is 6.26 Å². The second-order valence-corrected chi connectivity index (χ2v) is 5.85. The molecule has 92 valence electrons. The molecule has 0 fully saturated rings. The third kappa shape index (κ3) is 6.87. The first-order chi connectivity index (χ1) is 6.91. The summed E-state index contributed by atoms with van der Waals surface area (Å²) in [6.45, 7) is 8.17. The van der Waals surface area contributed by atoms with E-state index in [1.807, 2.05) is 6.92 Å². The molecule has 0 aliphatic heterocycles. The molecule has 5 heteroatoms. The van der Waals surface area contributed by atoms with Gasteiger partial charge < -0.3 is 5.32 Å². The molecule has 0 bridgehead atoms. The van der Waals surface area contributed by atoms with Crippen LogP contribution in [0.2, 0.25) is 0 Å². The van der Waals surface area contributed by atoms with Crippen LogP contribution in [0.25, 0.3) is 0 Å². The number of nitrogens with zero attached hydrogens (tertiary/aromatic N) is 1. The van der Waals surface area contributed by atoms with Gasteiger partial charge in [-0.15, -0.1) is 0 Å². The lowest BCUT2D eigenvalue weighted by Gasteiger charge is -2.18. The zero-order chi connectivity index (χ0) is 11.9. The number of rotatable bonds is 8. The molecule has 0 radical (unpaired) electrons. The summed E-state index contributed by atoms with van der Waals surface area (Å²) in [6, 6.07) is 0.512. The van der Waals surface area contributed by atoms with Gasteiger partial charge in [-0.05, 0) is 26.3 Å². The molecular formula is C10H24N2O2S. The van der Waals surface area contributed by atoms with Gasteiger partial charge in [0.25, 0.3) is 0 Å². The Labute approximate surface area is 94.1 Å². The Kier molecular flexibility index (Phi) is 7.13. The van der Waals surface area contributed by atoms with E-state index in [-0.39, 0.29) is 0 Å². The third-order valence-electron chi connectivity index (χ3n) is 2.51. The number of nitrogens with one attached hydrogen (secondary N) is 1. The van der Waals surface area contributed by atoms with E-state index in [0.717, 1.165) is 19.4 Å². The zero-order valence-electron chi connectivity index (χ0n) is 10.3. The Morgan fingerprint density at radius 2 is 1.93 bits per heavy atom. The largest absolute Gasteiger partial charge is 0.314 e. The molecule has 0 saturated heterocycles. The Morgan fingerprint density at radius 3 is 2.33 bits per heavy atom. The fourth-order valence-electron chi connectivity index (χ4n) is 1.31. The second kappa shape index (κ2) is 7.19. The van der Waals surface area contributed by atoms with E-state index in [0.29, 0.717) is 19.1 Å². The van der Waals surface area contributed by atoms with Crippen molar-refractivity contribution in [3.63, 3.8) is 0 Å². The van der Waals surface area contributed by atoms with Crippen molar-refractivity contribution < 1.29 is 8.42 Å². The van der Waals surface area contributed by atoms with Gasteiger partial charge in [0.1, 0.15) is 0 Å². The van der Waals surface area contributed by atoms with Crippen LogP contribution in [-0.2, 0) is 10.0 Å². The summed E-state index contributed by atoms with van der Waals surface area (Å²) in [5.74, 6) is 0. The van der Waals surface area contributed by atoms with Crippen LogP contribution in [0.15, 0.2) is 0 Å². The highest BCUT2D eigenvalue weighted by atomic mass is 32.2. The van der Waals surface area contributed by atoms with Gasteiger partial charge in [-0.2, -0.15) is 0 Å². The van der Waals surface area contributed by atoms with Crippen molar-refractivity contribution in [3.8, 4) is 0 Å². The van der Waals surface area contributed by atoms with Crippen LogP contribution in [0, 0.1) is 0 Å². The van der Waals surface area contributed by atoms with E-state index in [1.165, 1.54) is 10.6 Å². The molecule has 4 nitrogen and oxygen atoms in total. The second-order valence-electron chi connectivity index (χ2n) is 3.87. The van der Waals surface area contributed by atoms with Crippen molar-refractivity contribution in [2.24, 2.45) is 0 Å². The summed E-state index contributed by atoms with van der Waals surface area (Å²) in [5.41, 5.74) is 0. The minimum atomic E-state index is -3.02. The molecule has 0 aromatic carbocycles. The van der Waals surface area contributed by atoms with E-state index >= 15 is 0 Å². The third-order valence-corrected chi connectivity index (χ3v) is 3.89. The molecule has 0 aliphatic carbocycles. The molecule has 15 heavy (non-hydrogen) atoms. The Balaban J connectivity index is 3.75. The van der Waals surface area contributed by atoms with Crippen LogP contribution in [0.4, 0.5) is 0 Å². The maximum atomic E-state index is 11.3. The lowest BCUT2D eigenvalue weighted by atomic mass is 10.2. The fourth-order valence-corrected chi connectivity index (χ4v) is 2.24. The van der Waals surface area contributed by atoms with E-state index in [2.05, 4.69) is 19.2 Å². The van der Waals surface area contributed by atoms with Crippen molar-refractivity contribution in [1.82, 2.24) is 9.62 Å². The standard InChI is InChI=1S/C10H24N2O2S/c1-5-10(3)11-8-7-9-12(6-2)15(4,13)14/h10-11H,5-9H2,1-4H3.